The number of benzene rings is 1. The van der Waals surface area contributed by atoms with E-state index in [2.05, 4.69) is 16.5 Å². The molecular weight excluding hydrogens is 290 g/mol. The summed E-state index contributed by atoms with van der Waals surface area (Å²) >= 11 is 0. The van der Waals surface area contributed by atoms with E-state index < -0.39 is 0 Å². The molecule has 1 aliphatic heterocycles. The van der Waals surface area contributed by atoms with E-state index in [0.29, 0.717) is 12.4 Å². The van der Waals surface area contributed by atoms with Gasteiger partial charge in [-0.05, 0) is 24.3 Å². The minimum atomic E-state index is 0.322. The minimum Gasteiger partial charge on any atom is -0.508 e. The number of pyridine rings is 1. The molecule has 3 rings (SSSR count). The van der Waals surface area contributed by atoms with Crippen LogP contribution in [-0.2, 0) is 4.84 Å². The molecule has 1 fully saturated rings. The largest absolute Gasteiger partial charge is 0.508 e. The predicted molar refractivity (Wildman–Crippen MR) is 92.3 cm³/mol. The van der Waals surface area contributed by atoms with E-state index in [1.807, 2.05) is 35.7 Å². The van der Waals surface area contributed by atoms with Crippen LogP contribution in [0.1, 0.15) is 0 Å². The number of piperazine rings is 1. The lowest BCUT2D eigenvalue weighted by Gasteiger charge is -2.35. The second kappa shape index (κ2) is 9.61. The second-order valence-corrected chi connectivity index (χ2v) is 5.04. The Morgan fingerprint density at radius 2 is 1.70 bits per heavy atom. The highest BCUT2D eigenvalue weighted by Crippen LogP contribution is 2.14. The summed E-state index contributed by atoms with van der Waals surface area (Å²) in [6.07, 6.45) is 5.43. The summed E-state index contributed by atoms with van der Waals surface area (Å²) in [6.45, 7) is 8.06. The summed E-state index contributed by atoms with van der Waals surface area (Å²) in [5.74, 6) is 0.322. The number of rotatable bonds is 4. The van der Waals surface area contributed by atoms with Crippen LogP contribution in [0.5, 0.6) is 5.75 Å². The molecule has 0 unspecified atom stereocenters. The Morgan fingerprint density at radius 1 is 1.04 bits per heavy atom. The number of nitrogens with zero attached hydrogens (tertiary/aromatic N) is 3. The maximum Gasteiger partial charge on any atom is 0.115 e. The molecule has 1 saturated heterocycles. The highest BCUT2D eigenvalue weighted by Gasteiger charge is 2.16. The smallest absolute Gasteiger partial charge is 0.115 e. The highest BCUT2D eigenvalue weighted by atomic mass is 16.7. The second-order valence-electron chi connectivity index (χ2n) is 5.04. The zero-order valence-corrected chi connectivity index (χ0v) is 13.2. The lowest BCUT2D eigenvalue weighted by molar-refractivity contribution is -0.150. The van der Waals surface area contributed by atoms with Crippen molar-refractivity contribution in [2.45, 2.75) is 0 Å². The number of anilines is 1. The molecule has 1 aromatic heterocycles. The monoisotopic (exact) mass is 313 g/mol. The molecule has 0 radical (unpaired) electrons. The first-order valence-electron chi connectivity index (χ1n) is 7.67. The molecule has 0 amide bonds. The van der Waals surface area contributed by atoms with Gasteiger partial charge in [0.2, 0.25) is 0 Å². The lowest BCUT2D eigenvalue weighted by Crippen LogP contribution is -2.46. The van der Waals surface area contributed by atoms with Crippen LogP contribution >= 0.6 is 0 Å². The van der Waals surface area contributed by atoms with Crippen molar-refractivity contribution in [2.75, 3.05) is 37.7 Å². The molecule has 1 N–H and O–H groups in total. The molecule has 0 spiro atoms. The van der Waals surface area contributed by atoms with Crippen molar-refractivity contribution < 1.29 is 9.94 Å². The number of aromatic nitrogens is 1. The Kier molecular flexibility index (Phi) is 7.10. The molecule has 1 aliphatic rings. The van der Waals surface area contributed by atoms with E-state index in [0.717, 1.165) is 26.2 Å². The minimum absolute atomic E-state index is 0.322. The van der Waals surface area contributed by atoms with Crippen molar-refractivity contribution in [3.05, 3.63) is 67.5 Å². The van der Waals surface area contributed by atoms with Gasteiger partial charge >= 0.3 is 0 Å². The van der Waals surface area contributed by atoms with Crippen molar-refractivity contribution >= 4 is 5.69 Å². The number of hydrogen-bond acceptors (Lipinski definition) is 5. The summed E-state index contributed by atoms with van der Waals surface area (Å²) < 4.78 is 0. The van der Waals surface area contributed by atoms with Crippen LogP contribution in [-0.4, -0.2) is 47.9 Å². The molecule has 23 heavy (non-hydrogen) atoms. The zero-order valence-electron chi connectivity index (χ0n) is 13.2. The van der Waals surface area contributed by atoms with Crippen molar-refractivity contribution in [1.29, 1.82) is 0 Å². The van der Waals surface area contributed by atoms with E-state index in [9.17, 15) is 0 Å². The van der Waals surface area contributed by atoms with Crippen LogP contribution in [0.2, 0.25) is 0 Å². The summed E-state index contributed by atoms with van der Waals surface area (Å²) in [5.41, 5.74) is 1.23. The van der Waals surface area contributed by atoms with Gasteiger partial charge in [-0.25, -0.2) is 0 Å². The summed E-state index contributed by atoms with van der Waals surface area (Å²) in [4.78, 5) is 11.9. The first-order valence-corrected chi connectivity index (χ1v) is 7.67. The SMILES string of the molecule is C=CCON1CCN(c2ccncc2)CC1.Oc1ccccc1. The van der Waals surface area contributed by atoms with Gasteiger partial charge in [0.05, 0.1) is 6.61 Å². The molecule has 5 nitrogen and oxygen atoms in total. The van der Waals surface area contributed by atoms with Crippen molar-refractivity contribution in [3.63, 3.8) is 0 Å². The number of phenols is 1. The van der Waals surface area contributed by atoms with E-state index in [1.165, 1.54) is 5.69 Å². The van der Waals surface area contributed by atoms with Crippen LogP contribution < -0.4 is 4.90 Å². The molecule has 0 bridgehead atoms. The van der Waals surface area contributed by atoms with E-state index in [1.54, 1.807) is 30.3 Å². The van der Waals surface area contributed by atoms with Gasteiger partial charge in [0.15, 0.2) is 0 Å². The molecule has 0 aliphatic carbocycles. The lowest BCUT2D eigenvalue weighted by atomic mass is 10.3. The average Bonchev–Trinajstić information content (AvgIpc) is 2.62. The van der Waals surface area contributed by atoms with Crippen LogP contribution in [0, 0.1) is 0 Å². The van der Waals surface area contributed by atoms with Crippen LogP contribution in [0.15, 0.2) is 67.5 Å². The van der Waals surface area contributed by atoms with E-state index >= 15 is 0 Å². The fraction of sp³-hybridized carbons (Fsp3) is 0.278. The molecular formula is C18H23N3O2. The van der Waals surface area contributed by atoms with Crippen molar-refractivity contribution in [2.24, 2.45) is 0 Å². The average molecular weight is 313 g/mol. The maximum absolute atomic E-state index is 8.63. The van der Waals surface area contributed by atoms with Gasteiger partial charge in [0.1, 0.15) is 5.75 Å². The van der Waals surface area contributed by atoms with Crippen LogP contribution in [0.25, 0.3) is 0 Å². The Hall–Kier alpha value is -2.37. The number of aromatic hydroxyl groups is 1. The van der Waals surface area contributed by atoms with Gasteiger partial charge in [-0.3, -0.25) is 9.82 Å². The van der Waals surface area contributed by atoms with Crippen LogP contribution in [0.4, 0.5) is 5.69 Å². The van der Waals surface area contributed by atoms with Gasteiger partial charge in [-0.1, -0.05) is 24.3 Å². The summed E-state index contributed by atoms with van der Waals surface area (Å²) in [6, 6.07) is 12.8. The molecule has 0 atom stereocenters. The van der Waals surface area contributed by atoms with Crippen LogP contribution in [0.3, 0.4) is 0 Å². The van der Waals surface area contributed by atoms with Gasteiger partial charge in [-0.15, -0.1) is 6.58 Å². The standard InChI is InChI=1S/C12H17N3O.C6H6O/c1-2-11-16-15-9-7-14(8-10-15)12-3-5-13-6-4-12;7-6-4-2-1-3-5-6/h2-6H,1,7-11H2;1-5,7H. The Labute approximate surface area is 137 Å². The van der Waals surface area contributed by atoms with E-state index in [-0.39, 0.29) is 0 Å². The van der Waals surface area contributed by atoms with Crippen molar-refractivity contribution in [1.82, 2.24) is 10.0 Å². The number of hydrogen-bond donors (Lipinski definition) is 1. The third-order valence-corrected chi connectivity index (χ3v) is 3.40. The Morgan fingerprint density at radius 3 is 2.22 bits per heavy atom. The number of para-hydroxylation sites is 1. The van der Waals surface area contributed by atoms with E-state index in [4.69, 9.17) is 9.94 Å². The van der Waals surface area contributed by atoms with Crippen molar-refractivity contribution in [3.8, 4) is 5.75 Å². The zero-order chi connectivity index (χ0) is 16.3. The molecule has 1 aromatic carbocycles. The molecule has 0 saturated carbocycles. The number of hydroxylamine groups is 2. The maximum atomic E-state index is 8.63. The highest BCUT2D eigenvalue weighted by molar-refractivity contribution is 5.44. The Balaban J connectivity index is 0.000000229. The predicted octanol–water partition coefficient (Wildman–Crippen LogP) is 2.71. The third kappa shape index (κ3) is 6.10. The Bertz CT molecular complexity index is 555. The fourth-order valence-electron chi connectivity index (χ4n) is 2.22. The topological polar surface area (TPSA) is 48.8 Å². The summed E-state index contributed by atoms with van der Waals surface area (Å²) in [7, 11) is 0. The fourth-order valence-corrected chi connectivity index (χ4v) is 2.22. The molecule has 2 aromatic rings. The van der Waals surface area contributed by atoms with Gasteiger partial charge in [0, 0.05) is 44.3 Å². The molecule has 5 heteroatoms. The molecule has 2 heterocycles. The number of phenolic OH excluding ortho intramolecular Hbond substituents is 1. The molecule has 122 valence electrons. The van der Waals surface area contributed by atoms with Gasteiger partial charge in [0.25, 0.3) is 0 Å². The van der Waals surface area contributed by atoms with Gasteiger partial charge in [-0.2, -0.15) is 5.06 Å². The first-order chi connectivity index (χ1) is 11.3. The quantitative estimate of drug-likeness (QED) is 0.880. The third-order valence-electron chi connectivity index (χ3n) is 3.40. The van der Waals surface area contributed by atoms with Gasteiger partial charge < -0.3 is 10.0 Å². The normalized spacial score (nSPS) is 14.7. The first kappa shape index (κ1) is 17.0. The summed E-state index contributed by atoms with van der Waals surface area (Å²) in [5, 5.41) is 10.6.